The van der Waals surface area contributed by atoms with Gasteiger partial charge in [0, 0.05) is 11.9 Å². The zero-order chi connectivity index (χ0) is 10.9. The lowest BCUT2D eigenvalue weighted by atomic mass is 10.1. The maximum Gasteiger partial charge on any atom is 0.0205 e. The summed E-state index contributed by atoms with van der Waals surface area (Å²) >= 11 is 3.41. The predicted octanol–water partition coefficient (Wildman–Crippen LogP) is 3.59. The molecule has 0 aliphatic rings. The summed E-state index contributed by atoms with van der Waals surface area (Å²) in [4.78, 5) is 0. The summed E-state index contributed by atoms with van der Waals surface area (Å²) in [5, 5.41) is 4.36. The van der Waals surface area contributed by atoms with Gasteiger partial charge in [0.25, 0.3) is 0 Å². The molecule has 0 saturated heterocycles. The number of alkyl halides is 1. The first-order chi connectivity index (χ1) is 7.36. The van der Waals surface area contributed by atoms with E-state index in [1.165, 1.54) is 11.1 Å². The van der Waals surface area contributed by atoms with Crippen molar-refractivity contribution >= 4 is 22.0 Å². The zero-order valence-electron chi connectivity index (χ0n) is 9.17. The van der Waals surface area contributed by atoms with Crippen LogP contribution < -0.4 is 5.32 Å². The molecule has 0 saturated carbocycles. The SMILES string of the molecule is CCNCc1cccc(C=CCCBr)c1. The lowest BCUT2D eigenvalue weighted by molar-refractivity contribution is 0.727. The summed E-state index contributed by atoms with van der Waals surface area (Å²) in [5.74, 6) is 0. The van der Waals surface area contributed by atoms with Crippen LogP contribution in [0.4, 0.5) is 0 Å². The molecular formula is C13H18BrN. The van der Waals surface area contributed by atoms with Crippen molar-refractivity contribution in [1.29, 1.82) is 0 Å². The van der Waals surface area contributed by atoms with Crippen LogP contribution in [0, 0.1) is 0 Å². The van der Waals surface area contributed by atoms with E-state index >= 15 is 0 Å². The average molecular weight is 268 g/mol. The van der Waals surface area contributed by atoms with E-state index in [2.05, 4.69) is 64.6 Å². The second-order valence-corrected chi connectivity index (χ2v) is 4.20. The quantitative estimate of drug-likeness (QED) is 0.777. The Bertz CT molecular complexity index is 307. The highest BCUT2D eigenvalue weighted by atomic mass is 79.9. The van der Waals surface area contributed by atoms with E-state index in [0.717, 1.165) is 24.8 Å². The lowest BCUT2D eigenvalue weighted by Gasteiger charge is -2.02. The number of rotatable bonds is 6. The molecule has 0 aromatic heterocycles. The molecule has 0 fully saturated rings. The van der Waals surface area contributed by atoms with Gasteiger partial charge in [-0.3, -0.25) is 0 Å². The molecule has 82 valence electrons. The Morgan fingerprint density at radius 1 is 1.40 bits per heavy atom. The Morgan fingerprint density at radius 3 is 3.00 bits per heavy atom. The van der Waals surface area contributed by atoms with Gasteiger partial charge in [0.15, 0.2) is 0 Å². The summed E-state index contributed by atoms with van der Waals surface area (Å²) in [6.07, 6.45) is 5.45. The fourth-order valence-corrected chi connectivity index (χ4v) is 1.62. The van der Waals surface area contributed by atoms with Gasteiger partial charge in [0.1, 0.15) is 0 Å². The first kappa shape index (κ1) is 12.5. The van der Waals surface area contributed by atoms with Crippen LogP contribution in [0.25, 0.3) is 6.08 Å². The van der Waals surface area contributed by atoms with Crippen LogP contribution in [0.5, 0.6) is 0 Å². The normalized spacial score (nSPS) is 11.1. The van der Waals surface area contributed by atoms with Gasteiger partial charge < -0.3 is 5.32 Å². The third-order valence-corrected chi connectivity index (χ3v) is 2.57. The van der Waals surface area contributed by atoms with Crippen LogP contribution in [-0.2, 0) is 6.54 Å². The van der Waals surface area contributed by atoms with Crippen molar-refractivity contribution in [3.05, 3.63) is 41.5 Å². The van der Waals surface area contributed by atoms with E-state index in [-0.39, 0.29) is 0 Å². The number of allylic oxidation sites excluding steroid dienone is 1. The highest BCUT2D eigenvalue weighted by molar-refractivity contribution is 9.09. The molecule has 0 radical (unpaired) electrons. The fourth-order valence-electron chi connectivity index (χ4n) is 1.36. The molecular weight excluding hydrogens is 250 g/mol. The minimum absolute atomic E-state index is 0.955. The van der Waals surface area contributed by atoms with Gasteiger partial charge in [-0.2, -0.15) is 0 Å². The molecule has 0 spiro atoms. The molecule has 1 aromatic carbocycles. The Kier molecular flexibility index (Phi) is 6.37. The minimum atomic E-state index is 0.955. The van der Waals surface area contributed by atoms with E-state index in [1.807, 2.05) is 0 Å². The second-order valence-electron chi connectivity index (χ2n) is 3.41. The molecule has 0 heterocycles. The van der Waals surface area contributed by atoms with Crippen LogP contribution in [-0.4, -0.2) is 11.9 Å². The van der Waals surface area contributed by atoms with Crippen molar-refractivity contribution in [3.8, 4) is 0 Å². The molecule has 0 aliphatic carbocycles. The maximum atomic E-state index is 3.41. The maximum absolute atomic E-state index is 3.41. The molecule has 2 heteroatoms. The van der Waals surface area contributed by atoms with Gasteiger partial charge in [0.2, 0.25) is 0 Å². The minimum Gasteiger partial charge on any atom is -0.313 e. The van der Waals surface area contributed by atoms with Crippen molar-refractivity contribution in [3.63, 3.8) is 0 Å². The highest BCUT2D eigenvalue weighted by Crippen LogP contribution is 2.07. The van der Waals surface area contributed by atoms with Crippen molar-refractivity contribution in [2.75, 3.05) is 11.9 Å². The van der Waals surface area contributed by atoms with Crippen LogP contribution in [0.1, 0.15) is 24.5 Å². The molecule has 0 atom stereocenters. The molecule has 1 N–H and O–H groups in total. The summed E-state index contributed by atoms with van der Waals surface area (Å²) in [5.41, 5.74) is 2.63. The Balaban J connectivity index is 2.57. The largest absolute Gasteiger partial charge is 0.313 e. The van der Waals surface area contributed by atoms with E-state index in [1.54, 1.807) is 0 Å². The molecule has 15 heavy (non-hydrogen) atoms. The van der Waals surface area contributed by atoms with Crippen LogP contribution in [0.3, 0.4) is 0 Å². The standard InChI is InChI=1S/C13H18BrN/c1-2-15-11-13-8-5-7-12(10-13)6-3-4-9-14/h3,5-8,10,15H,2,4,9,11H2,1H3. The van der Waals surface area contributed by atoms with Gasteiger partial charge >= 0.3 is 0 Å². The molecule has 0 amide bonds. The van der Waals surface area contributed by atoms with Crippen LogP contribution in [0.15, 0.2) is 30.3 Å². The van der Waals surface area contributed by atoms with Crippen molar-refractivity contribution in [1.82, 2.24) is 5.32 Å². The summed E-state index contributed by atoms with van der Waals surface area (Å²) in [7, 11) is 0. The summed E-state index contributed by atoms with van der Waals surface area (Å²) in [6.45, 7) is 4.10. The average Bonchev–Trinajstić information content (AvgIpc) is 2.27. The van der Waals surface area contributed by atoms with E-state index in [4.69, 9.17) is 0 Å². The van der Waals surface area contributed by atoms with Gasteiger partial charge in [-0.25, -0.2) is 0 Å². The van der Waals surface area contributed by atoms with Crippen molar-refractivity contribution in [2.24, 2.45) is 0 Å². The van der Waals surface area contributed by atoms with Gasteiger partial charge in [-0.15, -0.1) is 0 Å². The topological polar surface area (TPSA) is 12.0 Å². The lowest BCUT2D eigenvalue weighted by Crippen LogP contribution is -2.11. The highest BCUT2D eigenvalue weighted by Gasteiger charge is 1.92. The Morgan fingerprint density at radius 2 is 2.27 bits per heavy atom. The molecule has 0 bridgehead atoms. The third-order valence-electron chi connectivity index (χ3n) is 2.12. The van der Waals surface area contributed by atoms with E-state index < -0.39 is 0 Å². The Labute approximate surface area is 101 Å². The summed E-state index contributed by atoms with van der Waals surface area (Å²) in [6, 6.07) is 8.64. The molecule has 1 rings (SSSR count). The third kappa shape index (κ3) is 5.14. The van der Waals surface area contributed by atoms with Crippen LogP contribution in [0.2, 0.25) is 0 Å². The smallest absolute Gasteiger partial charge is 0.0205 e. The zero-order valence-corrected chi connectivity index (χ0v) is 10.8. The second kappa shape index (κ2) is 7.66. The Hall–Kier alpha value is -0.600. The molecule has 1 aromatic rings. The van der Waals surface area contributed by atoms with Gasteiger partial charge in [-0.05, 0) is 24.1 Å². The fraction of sp³-hybridized carbons (Fsp3) is 0.385. The number of nitrogens with one attached hydrogen (secondary N) is 1. The summed E-state index contributed by atoms with van der Waals surface area (Å²) < 4.78 is 0. The van der Waals surface area contributed by atoms with Crippen LogP contribution >= 0.6 is 15.9 Å². The van der Waals surface area contributed by atoms with Crippen molar-refractivity contribution in [2.45, 2.75) is 19.9 Å². The van der Waals surface area contributed by atoms with Gasteiger partial charge in [0.05, 0.1) is 0 Å². The molecule has 0 aliphatic heterocycles. The molecule has 0 unspecified atom stereocenters. The monoisotopic (exact) mass is 267 g/mol. The first-order valence-electron chi connectivity index (χ1n) is 5.39. The number of halogens is 1. The van der Waals surface area contributed by atoms with Gasteiger partial charge in [-0.1, -0.05) is 59.3 Å². The number of hydrogen-bond donors (Lipinski definition) is 1. The van der Waals surface area contributed by atoms with E-state index in [0.29, 0.717) is 0 Å². The van der Waals surface area contributed by atoms with E-state index in [9.17, 15) is 0 Å². The number of benzene rings is 1. The first-order valence-corrected chi connectivity index (χ1v) is 6.51. The molecule has 1 nitrogen and oxygen atoms in total. The number of hydrogen-bond acceptors (Lipinski definition) is 1. The van der Waals surface area contributed by atoms with Crippen molar-refractivity contribution < 1.29 is 0 Å². The predicted molar refractivity (Wildman–Crippen MR) is 71.3 cm³/mol.